The zero-order valence-corrected chi connectivity index (χ0v) is 18.9. The third-order valence-corrected chi connectivity index (χ3v) is 6.60. The van der Waals surface area contributed by atoms with E-state index in [9.17, 15) is 13.2 Å². The SMILES string of the molecule is COCCOC(=O)c1c(C)oc2c1cc(NS(=O)(=O)c1ccc(Cl)cc1)c1ccccc12. The standard InChI is InChI=1S/C23H20ClNO6S/c1-14-21(23(26)30-12-11-29-2)19-13-20(17-5-3-4-6-18(17)22(19)31-14)25-32(27,28)16-9-7-15(24)8-10-16/h3-10,13,25H,11-12H2,1-2H3. The Balaban J connectivity index is 1.85. The van der Waals surface area contributed by atoms with Crippen molar-refractivity contribution in [1.82, 2.24) is 0 Å². The Morgan fingerprint density at radius 2 is 1.72 bits per heavy atom. The normalized spacial score (nSPS) is 11.7. The molecule has 0 amide bonds. The fourth-order valence-electron chi connectivity index (χ4n) is 3.48. The van der Waals surface area contributed by atoms with Gasteiger partial charge < -0.3 is 13.9 Å². The molecule has 0 unspecified atom stereocenters. The first kappa shape index (κ1) is 22.1. The molecule has 32 heavy (non-hydrogen) atoms. The Morgan fingerprint density at radius 1 is 1.03 bits per heavy atom. The van der Waals surface area contributed by atoms with E-state index >= 15 is 0 Å². The number of hydrogen-bond acceptors (Lipinski definition) is 6. The van der Waals surface area contributed by atoms with Crippen LogP contribution < -0.4 is 4.72 Å². The van der Waals surface area contributed by atoms with E-state index in [4.69, 9.17) is 25.5 Å². The van der Waals surface area contributed by atoms with Crippen LogP contribution in [0.15, 0.2) is 63.9 Å². The zero-order chi connectivity index (χ0) is 22.9. The van der Waals surface area contributed by atoms with Crippen molar-refractivity contribution < 1.29 is 27.1 Å². The predicted octanol–water partition coefficient (Wildman–Crippen LogP) is 5.15. The van der Waals surface area contributed by atoms with Gasteiger partial charge in [-0.05, 0) is 37.3 Å². The lowest BCUT2D eigenvalue weighted by atomic mass is 10.0. The van der Waals surface area contributed by atoms with Gasteiger partial charge >= 0.3 is 5.97 Å². The van der Waals surface area contributed by atoms with Gasteiger partial charge in [0.1, 0.15) is 23.5 Å². The molecule has 7 nitrogen and oxygen atoms in total. The van der Waals surface area contributed by atoms with Gasteiger partial charge in [-0.2, -0.15) is 0 Å². The van der Waals surface area contributed by atoms with Crippen molar-refractivity contribution in [3.8, 4) is 0 Å². The summed E-state index contributed by atoms with van der Waals surface area (Å²) in [6.45, 7) is 2.01. The smallest absolute Gasteiger partial charge is 0.342 e. The molecule has 0 aliphatic rings. The number of aryl methyl sites for hydroxylation is 1. The van der Waals surface area contributed by atoms with Crippen LogP contribution in [0, 0.1) is 6.92 Å². The molecule has 3 aromatic carbocycles. The molecule has 1 aromatic heterocycles. The number of ether oxygens (including phenoxy) is 2. The summed E-state index contributed by atoms with van der Waals surface area (Å²) in [5.74, 6) is -0.189. The van der Waals surface area contributed by atoms with Crippen LogP contribution in [0.5, 0.6) is 0 Å². The topological polar surface area (TPSA) is 94.8 Å². The zero-order valence-electron chi connectivity index (χ0n) is 17.3. The maximum atomic E-state index is 13.0. The highest BCUT2D eigenvalue weighted by Crippen LogP contribution is 2.37. The van der Waals surface area contributed by atoms with E-state index in [1.807, 2.05) is 6.07 Å². The van der Waals surface area contributed by atoms with Gasteiger partial charge in [0.25, 0.3) is 10.0 Å². The maximum absolute atomic E-state index is 13.0. The van der Waals surface area contributed by atoms with Crippen LogP contribution >= 0.6 is 11.6 Å². The minimum absolute atomic E-state index is 0.0636. The number of esters is 1. The van der Waals surface area contributed by atoms with E-state index in [1.54, 1.807) is 31.2 Å². The highest BCUT2D eigenvalue weighted by atomic mass is 35.5. The summed E-state index contributed by atoms with van der Waals surface area (Å²) in [5.41, 5.74) is 1.04. The molecule has 1 N–H and O–H groups in total. The average molecular weight is 474 g/mol. The number of rotatable bonds is 7. The van der Waals surface area contributed by atoms with Crippen LogP contribution in [0.3, 0.4) is 0 Å². The van der Waals surface area contributed by atoms with Gasteiger partial charge in [-0.1, -0.05) is 35.9 Å². The van der Waals surface area contributed by atoms with Crippen LogP contribution in [-0.4, -0.2) is 34.7 Å². The van der Waals surface area contributed by atoms with E-state index in [1.165, 1.54) is 31.4 Å². The first-order valence-electron chi connectivity index (χ1n) is 9.71. The molecule has 0 aliphatic heterocycles. The van der Waals surface area contributed by atoms with E-state index < -0.39 is 16.0 Å². The lowest BCUT2D eigenvalue weighted by molar-refractivity contribution is 0.0388. The van der Waals surface area contributed by atoms with E-state index in [-0.39, 0.29) is 23.7 Å². The summed E-state index contributed by atoms with van der Waals surface area (Å²) in [6, 6.07) is 14.6. The number of carbonyl (C=O) groups excluding carboxylic acids is 1. The number of halogens is 1. The summed E-state index contributed by atoms with van der Waals surface area (Å²) in [4.78, 5) is 12.8. The second-order valence-electron chi connectivity index (χ2n) is 7.07. The lowest BCUT2D eigenvalue weighted by Gasteiger charge is -2.12. The molecule has 0 fully saturated rings. The molecule has 9 heteroatoms. The summed E-state index contributed by atoms with van der Waals surface area (Å²) in [6.07, 6.45) is 0. The summed E-state index contributed by atoms with van der Waals surface area (Å²) < 4.78 is 44.7. The molecule has 0 spiro atoms. The Hall–Kier alpha value is -3.07. The van der Waals surface area contributed by atoms with Gasteiger partial charge in [0.2, 0.25) is 0 Å². The predicted molar refractivity (Wildman–Crippen MR) is 123 cm³/mol. The number of fused-ring (bicyclic) bond motifs is 3. The number of hydrogen-bond donors (Lipinski definition) is 1. The van der Waals surface area contributed by atoms with E-state index in [2.05, 4.69) is 4.72 Å². The largest absolute Gasteiger partial charge is 0.460 e. The molecule has 4 rings (SSSR count). The van der Waals surface area contributed by atoms with Gasteiger partial charge in [-0.15, -0.1) is 0 Å². The first-order valence-corrected chi connectivity index (χ1v) is 11.6. The Kier molecular flexibility index (Phi) is 6.10. The minimum atomic E-state index is -3.91. The fourth-order valence-corrected chi connectivity index (χ4v) is 4.68. The van der Waals surface area contributed by atoms with Gasteiger partial charge in [0.15, 0.2) is 0 Å². The van der Waals surface area contributed by atoms with Crippen molar-refractivity contribution in [3.05, 3.63) is 70.9 Å². The second kappa shape index (κ2) is 8.82. The van der Waals surface area contributed by atoms with Crippen LogP contribution in [0.1, 0.15) is 16.1 Å². The fraction of sp³-hybridized carbons (Fsp3) is 0.174. The van der Waals surface area contributed by atoms with Crippen LogP contribution in [0.4, 0.5) is 5.69 Å². The van der Waals surface area contributed by atoms with Crippen LogP contribution in [-0.2, 0) is 19.5 Å². The van der Waals surface area contributed by atoms with Crippen molar-refractivity contribution in [2.75, 3.05) is 25.0 Å². The number of sulfonamides is 1. The highest BCUT2D eigenvalue weighted by Gasteiger charge is 2.24. The maximum Gasteiger partial charge on any atom is 0.342 e. The van der Waals surface area contributed by atoms with Crippen molar-refractivity contribution >= 4 is 55.0 Å². The van der Waals surface area contributed by atoms with Gasteiger partial charge in [-0.3, -0.25) is 4.72 Å². The number of furan rings is 1. The molecule has 1 heterocycles. The number of benzene rings is 3. The molecule has 0 radical (unpaired) electrons. The van der Waals surface area contributed by atoms with Crippen molar-refractivity contribution in [2.45, 2.75) is 11.8 Å². The molecule has 0 bridgehead atoms. The average Bonchev–Trinajstić information content (AvgIpc) is 3.10. The molecule has 0 aliphatic carbocycles. The van der Waals surface area contributed by atoms with Gasteiger partial charge in [-0.25, -0.2) is 13.2 Å². The van der Waals surface area contributed by atoms with Crippen molar-refractivity contribution in [3.63, 3.8) is 0 Å². The third kappa shape index (κ3) is 4.17. The summed E-state index contributed by atoms with van der Waals surface area (Å²) in [5, 5.41) is 2.18. The second-order valence-corrected chi connectivity index (χ2v) is 9.19. The molecule has 0 saturated carbocycles. The number of nitrogens with one attached hydrogen (secondary N) is 1. The number of carbonyl (C=O) groups is 1. The molecular formula is C23H20ClNO6S. The Bertz CT molecular complexity index is 1410. The lowest BCUT2D eigenvalue weighted by Crippen LogP contribution is -2.13. The third-order valence-electron chi connectivity index (χ3n) is 4.96. The number of methoxy groups -OCH3 is 1. The number of anilines is 1. The summed E-state index contributed by atoms with van der Waals surface area (Å²) >= 11 is 5.88. The molecule has 0 saturated heterocycles. The van der Waals surface area contributed by atoms with Crippen LogP contribution in [0.2, 0.25) is 5.02 Å². The minimum Gasteiger partial charge on any atom is -0.460 e. The summed E-state index contributed by atoms with van der Waals surface area (Å²) in [7, 11) is -2.39. The van der Waals surface area contributed by atoms with E-state index in [0.29, 0.717) is 38.2 Å². The van der Waals surface area contributed by atoms with Crippen LogP contribution in [0.25, 0.3) is 21.7 Å². The monoisotopic (exact) mass is 473 g/mol. The van der Waals surface area contributed by atoms with Crippen molar-refractivity contribution in [2.24, 2.45) is 0 Å². The van der Waals surface area contributed by atoms with Gasteiger partial charge in [0.05, 0.1) is 17.2 Å². The molecule has 0 atom stereocenters. The Morgan fingerprint density at radius 3 is 2.41 bits per heavy atom. The molecule has 4 aromatic rings. The van der Waals surface area contributed by atoms with E-state index in [0.717, 1.165) is 0 Å². The first-order chi connectivity index (χ1) is 15.3. The Labute approximate surface area is 189 Å². The molecule has 166 valence electrons. The quantitative estimate of drug-likeness (QED) is 0.294. The molecular weight excluding hydrogens is 454 g/mol. The highest BCUT2D eigenvalue weighted by molar-refractivity contribution is 7.92. The van der Waals surface area contributed by atoms with Gasteiger partial charge in [0, 0.05) is 28.3 Å². The van der Waals surface area contributed by atoms with Crippen molar-refractivity contribution in [1.29, 1.82) is 0 Å².